The first kappa shape index (κ1) is 33.0. The molecule has 0 radical (unpaired) electrons. The number of aliphatic hydroxyl groups is 1. The van der Waals surface area contributed by atoms with E-state index in [0.717, 1.165) is 73.9 Å². The molecule has 0 aliphatic heterocycles. The summed E-state index contributed by atoms with van der Waals surface area (Å²) in [7, 11) is 0. The summed E-state index contributed by atoms with van der Waals surface area (Å²) in [6.45, 7) is 14.4. The van der Waals surface area contributed by atoms with Gasteiger partial charge in [-0.1, -0.05) is 76.6 Å². The first-order valence-corrected chi connectivity index (χ1v) is 18.8. The molecule has 6 heteroatoms. The van der Waals surface area contributed by atoms with Crippen molar-refractivity contribution < 1.29 is 19.4 Å². The third-order valence-corrected chi connectivity index (χ3v) is 15.5. The Morgan fingerprint density at radius 3 is 2.47 bits per heavy atom. The van der Waals surface area contributed by atoms with Crippen LogP contribution in [0.4, 0.5) is 0 Å². The minimum absolute atomic E-state index is 0.00535. The average molecular weight is 656 g/mol. The van der Waals surface area contributed by atoms with Crippen molar-refractivity contribution in [2.24, 2.45) is 50.2 Å². The van der Waals surface area contributed by atoms with Gasteiger partial charge in [-0.15, -0.1) is 11.3 Å². The Hall–Kier alpha value is -2.57. The maximum Gasteiger partial charge on any atom is 0.313 e. The van der Waals surface area contributed by atoms with Crippen LogP contribution in [-0.4, -0.2) is 28.4 Å². The standard InChI is InChI=1S/C41H53NO4S/c1-36(2)16-18-41(35(45)46-25-27-10-8-7-9-11-27)19-17-39(5)29(30(41)24-36)12-13-32-37(3)23-28(22-33-42-20-21-47-33)34(44)38(4,26-43)31(37)14-15-40(32,39)6/h7-12,20-22,30-32,43H,13-19,23-26H2,1-6H3/b28-22-/t30-,31+,32+,37-,38-,39+,40+,41-/m0/s1. The Bertz CT molecular complexity index is 1610. The van der Waals surface area contributed by atoms with E-state index in [1.807, 2.05) is 48.7 Å². The number of carbonyl (C=O) groups excluding carboxylic acids is 2. The number of Topliss-reactive ketones (excluding diaryl/α,β-unsaturated/α-hetero) is 1. The van der Waals surface area contributed by atoms with Crippen molar-refractivity contribution in [1.82, 2.24) is 4.98 Å². The molecule has 2 aromatic rings. The van der Waals surface area contributed by atoms with Gasteiger partial charge in [-0.05, 0) is 121 Å². The number of ether oxygens (including phenoxy) is 1. The SMILES string of the molecule is CC1(C)CC[C@]2(C(=O)OCc3ccccc3)CC[C@]3(C)C(=CC[C@@H]4[C@@]5(C)C/C(=C/c6nccs6)C(=O)[C@@](C)(CO)[C@@H]5CC[C@]43C)[C@@H]2C1. The molecule has 0 saturated heterocycles. The van der Waals surface area contributed by atoms with Gasteiger partial charge in [0.2, 0.25) is 0 Å². The predicted molar refractivity (Wildman–Crippen MR) is 187 cm³/mol. The number of rotatable bonds is 5. The highest BCUT2D eigenvalue weighted by atomic mass is 32.1. The van der Waals surface area contributed by atoms with E-state index in [-0.39, 0.29) is 51.9 Å². The highest BCUT2D eigenvalue weighted by Gasteiger charge is 2.70. The summed E-state index contributed by atoms with van der Waals surface area (Å²) in [5, 5.41) is 13.7. The first-order chi connectivity index (χ1) is 22.2. The molecule has 5 nitrogen and oxygen atoms in total. The van der Waals surface area contributed by atoms with Gasteiger partial charge in [-0.3, -0.25) is 9.59 Å². The van der Waals surface area contributed by atoms with Gasteiger partial charge in [0.25, 0.3) is 0 Å². The molecule has 47 heavy (non-hydrogen) atoms. The molecule has 252 valence electrons. The van der Waals surface area contributed by atoms with Crippen LogP contribution in [0.2, 0.25) is 0 Å². The molecule has 1 aromatic heterocycles. The monoisotopic (exact) mass is 655 g/mol. The molecule has 1 heterocycles. The molecule has 5 aliphatic rings. The number of fused-ring (bicyclic) bond motifs is 7. The van der Waals surface area contributed by atoms with Crippen LogP contribution in [-0.2, 0) is 20.9 Å². The number of aliphatic hydroxyl groups excluding tert-OH is 1. The number of hydrogen-bond donors (Lipinski definition) is 1. The Labute approximate surface area is 285 Å². The molecule has 1 N–H and O–H groups in total. The highest BCUT2D eigenvalue weighted by Crippen LogP contribution is 2.76. The summed E-state index contributed by atoms with van der Waals surface area (Å²) in [6, 6.07) is 10.1. The second kappa shape index (κ2) is 11.2. The van der Waals surface area contributed by atoms with Gasteiger partial charge >= 0.3 is 5.97 Å². The number of esters is 1. The molecule has 0 unspecified atom stereocenters. The molecule has 0 amide bonds. The zero-order valence-electron chi connectivity index (χ0n) is 29.2. The van der Waals surface area contributed by atoms with Crippen molar-refractivity contribution in [2.45, 2.75) is 106 Å². The fourth-order valence-electron chi connectivity index (χ4n) is 11.9. The summed E-state index contributed by atoms with van der Waals surface area (Å²) in [5.74, 6) is 0.736. The Kier molecular flexibility index (Phi) is 7.88. The van der Waals surface area contributed by atoms with Crippen molar-refractivity contribution in [3.63, 3.8) is 0 Å². The average Bonchev–Trinajstić information content (AvgIpc) is 3.56. The summed E-state index contributed by atoms with van der Waals surface area (Å²) in [6.07, 6.45) is 14.7. The van der Waals surface area contributed by atoms with Crippen LogP contribution in [0.1, 0.15) is 110 Å². The van der Waals surface area contributed by atoms with E-state index in [1.54, 1.807) is 17.5 Å². The lowest BCUT2D eigenvalue weighted by Crippen LogP contribution is -2.65. The Morgan fingerprint density at radius 2 is 1.77 bits per heavy atom. The van der Waals surface area contributed by atoms with E-state index in [0.29, 0.717) is 12.5 Å². The smallest absolute Gasteiger partial charge is 0.313 e. The number of allylic oxidation sites excluding steroid dienone is 3. The van der Waals surface area contributed by atoms with E-state index in [9.17, 15) is 14.7 Å². The number of benzene rings is 1. The van der Waals surface area contributed by atoms with Gasteiger partial charge < -0.3 is 9.84 Å². The van der Waals surface area contributed by atoms with Crippen molar-refractivity contribution in [2.75, 3.05) is 6.61 Å². The van der Waals surface area contributed by atoms with Gasteiger partial charge in [0, 0.05) is 11.6 Å². The topological polar surface area (TPSA) is 76.5 Å². The normalized spacial score (nSPS) is 41.6. The largest absolute Gasteiger partial charge is 0.460 e. The van der Waals surface area contributed by atoms with Crippen LogP contribution in [0.15, 0.2) is 59.1 Å². The molecular weight excluding hydrogens is 603 g/mol. The van der Waals surface area contributed by atoms with Gasteiger partial charge in [0.1, 0.15) is 11.6 Å². The zero-order chi connectivity index (χ0) is 33.5. The fourth-order valence-corrected chi connectivity index (χ4v) is 12.5. The molecule has 4 fully saturated rings. The third-order valence-electron chi connectivity index (χ3n) is 14.8. The molecular formula is C41H53NO4S. The Morgan fingerprint density at radius 1 is 1.02 bits per heavy atom. The lowest BCUT2D eigenvalue weighted by Gasteiger charge is -2.70. The summed E-state index contributed by atoms with van der Waals surface area (Å²) in [5.41, 5.74) is 2.04. The molecule has 1 aromatic carbocycles. The first-order valence-electron chi connectivity index (χ1n) is 17.9. The van der Waals surface area contributed by atoms with Crippen molar-refractivity contribution in [1.29, 1.82) is 0 Å². The van der Waals surface area contributed by atoms with Gasteiger partial charge in [0.05, 0.1) is 17.4 Å². The molecule has 8 atom stereocenters. The zero-order valence-corrected chi connectivity index (χ0v) is 30.1. The van der Waals surface area contributed by atoms with E-state index >= 15 is 0 Å². The number of aromatic nitrogens is 1. The maximum absolute atomic E-state index is 14.3. The van der Waals surface area contributed by atoms with Gasteiger partial charge in [-0.2, -0.15) is 0 Å². The molecule has 4 saturated carbocycles. The van der Waals surface area contributed by atoms with Crippen molar-refractivity contribution in [3.05, 3.63) is 69.7 Å². The second-order valence-electron chi connectivity index (χ2n) is 17.6. The minimum atomic E-state index is -0.806. The Balaban J connectivity index is 1.27. The van der Waals surface area contributed by atoms with Gasteiger partial charge in [0.15, 0.2) is 5.78 Å². The number of thiazole rings is 1. The minimum Gasteiger partial charge on any atom is -0.460 e. The number of ketones is 1. The third kappa shape index (κ3) is 4.81. The van der Waals surface area contributed by atoms with Gasteiger partial charge in [-0.25, -0.2) is 4.98 Å². The van der Waals surface area contributed by atoms with Crippen LogP contribution in [0, 0.1) is 50.2 Å². The van der Waals surface area contributed by atoms with E-state index in [4.69, 9.17) is 4.74 Å². The van der Waals surface area contributed by atoms with E-state index < -0.39 is 10.8 Å². The van der Waals surface area contributed by atoms with E-state index in [2.05, 4.69) is 45.7 Å². The lowest BCUT2D eigenvalue weighted by molar-refractivity contribution is -0.191. The van der Waals surface area contributed by atoms with Crippen molar-refractivity contribution in [3.8, 4) is 0 Å². The van der Waals surface area contributed by atoms with Crippen LogP contribution < -0.4 is 0 Å². The molecule has 0 bridgehead atoms. The molecule has 7 rings (SSSR count). The number of nitrogens with zero attached hydrogens (tertiary/aromatic N) is 1. The van der Waals surface area contributed by atoms with Crippen molar-refractivity contribution >= 4 is 29.2 Å². The highest BCUT2D eigenvalue weighted by molar-refractivity contribution is 7.10. The second-order valence-corrected chi connectivity index (χ2v) is 18.5. The number of hydrogen-bond acceptors (Lipinski definition) is 6. The van der Waals surface area contributed by atoms with Crippen LogP contribution >= 0.6 is 11.3 Å². The lowest BCUT2D eigenvalue weighted by atomic mass is 9.33. The molecule has 0 spiro atoms. The fraction of sp³-hybridized carbons (Fsp3) is 0.634. The summed E-state index contributed by atoms with van der Waals surface area (Å²) >= 11 is 1.56. The van der Waals surface area contributed by atoms with Crippen LogP contribution in [0.5, 0.6) is 0 Å². The summed E-state index contributed by atoms with van der Waals surface area (Å²) < 4.78 is 6.19. The summed E-state index contributed by atoms with van der Waals surface area (Å²) in [4.78, 5) is 32.9. The maximum atomic E-state index is 14.3. The van der Waals surface area contributed by atoms with Crippen LogP contribution in [0.3, 0.4) is 0 Å². The van der Waals surface area contributed by atoms with E-state index in [1.165, 1.54) is 5.57 Å². The predicted octanol–water partition coefficient (Wildman–Crippen LogP) is 9.22. The van der Waals surface area contributed by atoms with Crippen LogP contribution in [0.25, 0.3) is 6.08 Å². The molecule has 5 aliphatic carbocycles. The number of carbonyl (C=O) groups is 2. The quantitative estimate of drug-likeness (QED) is 0.197.